The van der Waals surface area contributed by atoms with Gasteiger partial charge in [-0.3, -0.25) is 9.47 Å². The second kappa shape index (κ2) is 8.48. The average Bonchev–Trinajstić information content (AvgIpc) is 2.97. The van der Waals surface area contributed by atoms with E-state index in [1.165, 1.54) is 24.1 Å². The Morgan fingerprint density at radius 1 is 1.10 bits per heavy atom. The van der Waals surface area contributed by atoms with E-state index in [1.54, 1.807) is 0 Å². The number of rotatable bonds is 5. The largest absolute Gasteiger partial charge is 0.486 e. The molecule has 3 heterocycles. The predicted molar refractivity (Wildman–Crippen MR) is 126 cm³/mol. The van der Waals surface area contributed by atoms with Gasteiger partial charge < -0.3 is 15.2 Å². The van der Waals surface area contributed by atoms with Crippen LogP contribution < -0.4 is 19.7 Å². The molecule has 5 nitrogen and oxygen atoms in total. The summed E-state index contributed by atoms with van der Waals surface area (Å²) in [5, 5.41) is 1.03. The molecule has 3 aromatic rings. The van der Waals surface area contributed by atoms with E-state index in [0.717, 1.165) is 65.1 Å². The summed E-state index contributed by atoms with van der Waals surface area (Å²) in [5.41, 5.74) is 10.8. The van der Waals surface area contributed by atoms with Crippen molar-refractivity contribution in [2.75, 3.05) is 32.8 Å². The molecule has 2 aromatic carbocycles. The minimum absolute atomic E-state index is 0.0108. The third-order valence-electron chi connectivity index (χ3n) is 6.76. The Bertz CT molecular complexity index is 1080. The van der Waals surface area contributed by atoms with Crippen molar-refractivity contribution in [1.82, 2.24) is 9.47 Å². The highest BCUT2D eigenvalue weighted by Crippen LogP contribution is 2.40. The lowest BCUT2D eigenvalue weighted by Gasteiger charge is -2.41. The van der Waals surface area contributed by atoms with Crippen molar-refractivity contribution in [3.05, 3.63) is 59.8 Å². The first kappa shape index (κ1) is 20.3. The predicted octanol–water partition coefficient (Wildman–Crippen LogP) is 4.38. The highest BCUT2D eigenvalue weighted by atomic mass is 16.6. The van der Waals surface area contributed by atoms with E-state index in [0.29, 0.717) is 13.2 Å². The fourth-order valence-electron chi connectivity index (χ4n) is 5.30. The van der Waals surface area contributed by atoms with E-state index in [4.69, 9.17) is 15.2 Å². The van der Waals surface area contributed by atoms with Crippen molar-refractivity contribution >= 4 is 16.6 Å². The van der Waals surface area contributed by atoms with Crippen molar-refractivity contribution in [3.8, 4) is 11.5 Å². The quantitative estimate of drug-likeness (QED) is 0.625. The zero-order valence-corrected chi connectivity index (χ0v) is 18.3. The van der Waals surface area contributed by atoms with Crippen LogP contribution in [0.1, 0.15) is 30.5 Å². The molecule has 2 aliphatic heterocycles. The van der Waals surface area contributed by atoms with Crippen molar-refractivity contribution < 1.29 is 9.47 Å². The minimum atomic E-state index is -0.0108. The molecule has 5 rings (SSSR count). The molecular weight excluding hydrogens is 386 g/mol. The Morgan fingerprint density at radius 3 is 2.90 bits per heavy atom. The summed E-state index contributed by atoms with van der Waals surface area (Å²) in [4.78, 5) is 4.67. The van der Waals surface area contributed by atoms with Crippen LogP contribution in [0.25, 0.3) is 10.9 Å². The van der Waals surface area contributed by atoms with Crippen molar-refractivity contribution in [1.29, 1.82) is 0 Å². The molecule has 0 amide bonds. The van der Waals surface area contributed by atoms with Crippen LogP contribution in [0.15, 0.2) is 48.5 Å². The first-order valence-corrected chi connectivity index (χ1v) is 11.5. The number of fused-ring (bicyclic) bond motifs is 4. The summed E-state index contributed by atoms with van der Waals surface area (Å²) >= 11 is 0. The summed E-state index contributed by atoms with van der Waals surface area (Å²) in [6, 6.07) is 17.1. The molecule has 2 aliphatic rings. The molecule has 0 saturated carbocycles. The Kier molecular flexibility index (Phi) is 5.55. The Morgan fingerprint density at radius 2 is 2.00 bits per heavy atom. The van der Waals surface area contributed by atoms with Crippen LogP contribution in [0, 0.1) is 6.92 Å². The molecular formula is C26H32N3O2+. The van der Waals surface area contributed by atoms with Gasteiger partial charge in [-0.05, 0) is 63.1 Å². The molecule has 0 bridgehead atoms. The van der Waals surface area contributed by atoms with Gasteiger partial charge in [-0.1, -0.05) is 18.2 Å². The van der Waals surface area contributed by atoms with Crippen LogP contribution in [0.3, 0.4) is 0 Å². The highest BCUT2D eigenvalue weighted by Gasteiger charge is 2.38. The molecule has 31 heavy (non-hydrogen) atoms. The molecule has 2 atom stereocenters. The van der Waals surface area contributed by atoms with Gasteiger partial charge in [-0.15, -0.1) is 0 Å². The third kappa shape index (κ3) is 3.88. The zero-order valence-electron chi connectivity index (χ0n) is 18.3. The van der Waals surface area contributed by atoms with Crippen LogP contribution in [0.4, 0.5) is 5.69 Å². The monoisotopic (exact) mass is 418 g/mol. The Balaban J connectivity index is 1.49. The number of benzene rings is 2. The topological polar surface area (TPSA) is 57.4 Å². The van der Waals surface area contributed by atoms with E-state index < -0.39 is 0 Å². The van der Waals surface area contributed by atoms with Gasteiger partial charge in [0.25, 0.3) is 0 Å². The number of nitrogens with zero attached hydrogens (tertiary/aromatic N) is 2. The van der Waals surface area contributed by atoms with E-state index in [2.05, 4.69) is 35.3 Å². The SMILES string of the molecule is Cc1ccc2c3c(ccc2n1)OC[C@H](C[N+]1(CCCN)CCCCc2ccccc21)O3. The number of aromatic nitrogens is 1. The maximum Gasteiger partial charge on any atom is 0.182 e. The van der Waals surface area contributed by atoms with Crippen LogP contribution in [-0.4, -0.2) is 43.9 Å². The molecule has 162 valence electrons. The molecule has 0 radical (unpaired) electrons. The fraction of sp³-hybridized carbons (Fsp3) is 0.423. The summed E-state index contributed by atoms with van der Waals surface area (Å²) in [7, 11) is 0. The lowest BCUT2D eigenvalue weighted by atomic mass is 10.1. The number of nitrogens with two attached hydrogens (primary N) is 1. The highest BCUT2D eigenvalue weighted by molar-refractivity contribution is 5.88. The molecule has 0 fully saturated rings. The summed E-state index contributed by atoms with van der Waals surface area (Å²) in [6.07, 6.45) is 4.60. The van der Waals surface area contributed by atoms with Gasteiger partial charge in [0.2, 0.25) is 0 Å². The second-order valence-electron chi connectivity index (χ2n) is 8.97. The lowest BCUT2D eigenvalue weighted by Crippen LogP contribution is -2.57. The number of para-hydroxylation sites is 1. The summed E-state index contributed by atoms with van der Waals surface area (Å²) in [6.45, 7) is 6.36. The Labute approximate surface area is 184 Å². The van der Waals surface area contributed by atoms with Crippen LogP contribution in [0.2, 0.25) is 0 Å². The maximum atomic E-state index is 6.64. The third-order valence-corrected chi connectivity index (χ3v) is 6.76. The number of pyridine rings is 1. The van der Waals surface area contributed by atoms with Gasteiger partial charge in [0.15, 0.2) is 17.6 Å². The normalized spacial score (nSPS) is 22.7. The van der Waals surface area contributed by atoms with Crippen LogP contribution in [0.5, 0.6) is 11.5 Å². The zero-order chi connectivity index (χ0) is 21.3. The number of quaternary nitrogens is 1. The fourth-order valence-corrected chi connectivity index (χ4v) is 5.30. The van der Waals surface area contributed by atoms with Gasteiger partial charge in [0.1, 0.15) is 18.8 Å². The number of ether oxygens (including phenoxy) is 2. The van der Waals surface area contributed by atoms with Gasteiger partial charge >= 0.3 is 0 Å². The minimum Gasteiger partial charge on any atom is -0.486 e. The summed E-state index contributed by atoms with van der Waals surface area (Å²) < 4.78 is 13.8. The first-order valence-electron chi connectivity index (χ1n) is 11.5. The molecule has 1 unspecified atom stereocenters. The second-order valence-corrected chi connectivity index (χ2v) is 8.97. The van der Waals surface area contributed by atoms with Crippen LogP contribution >= 0.6 is 0 Å². The van der Waals surface area contributed by atoms with E-state index >= 15 is 0 Å². The smallest absolute Gasteiger partial charge is 0.182 e. The van der Waals surface area contributed by atoms with E-state index in [-0.39, 0.29) is 6.10 Å². The number of hydrogen-bond acceptors (Lipinski definition) is 4. The van der Waals surface area contributed by atoms with Gasteiger partial charge in [0.05, 0.1) is 18.6 Å². The van der Waals surface area contributed by atoms with Crippen molar-refractivity contribution in [2.45, 2.75) is 38.7 Å². The van der Waals surface area contributed by atoms with E-state index in [9.17, 15) is 0 Å². The van der Waals surface area contributed by atoms with Crippen molar-refractivity contribution in [3.63, 3.8) is 0 Å². The average molecular weight is 419 g/mol. The number of hydrogen-bond donors (Lipinski definition) is 1. The van der Waals surface area contributed by atoms with Gasteiger partial charge in [0, 0.05) is 23.1 Å². The van der Waals surface area contributed by atoms with Crippen LogP contribution in [-0.2, 0) is 6.42 Å². The molecule has 0 spiro atoms. The molecule has 0 saturated heterocycles. The molecule has 1 aromatic heterocycles. The number of aryl methyl sites for hydroxylation is 2. The molecule has 2 N–H and O–H groups in total. The Hall–Kier alpha value is -2.63. The standard InChI is InChI=1S/C26H32N3O2/c1-19-10-11-22-23(28-19)12-13-25-26(22)31-21(18-30-25)17-29(16-6-14-27)15-5-4-8-20-7-2-3-9-24(20)29/h2-3,7,9-13,21H,4-6,8,14-18,27H2,1H3/q+1/t21-,29?/m0/s1. The first-order chi connectivity index (χ1) is 15.2. The lowest BCUT2D eigenvalue weighted by molar-refractivity contribution is 0.0615. The molecule has 0 aliphatic carbocycles. The van der Waals surface area contributed by atoms with Gasteiger partial charge in [-0.25, -0.2) is 0 Å². The van der Waals surface area contributed by atoms with Crippen molar-refractivity contribution in [2.24, 2.45) is 5.73 Å². The molecule has 5 heteroatoms. The maximum absolute atomic E-state index is 6.64. The van der Waals surface area contributed by atoms with E-state index in [1.807, 2.05) is 25.1 Å². The summed E-state index contributed by atoms with van der Waals surface area (Å²) in [5.74, 6) is 1.65. The van der Waals surface area contributed by atoms with Gasteiger partial charge in [-0.2, -0.15) is 0 Å².